The Bertz CT molecular complexity index is 1230. The fraction of sp³-hybridized carbons (Fsp3) is 0.435. The van der Waals surface area contributed by atoms with Crippen LogP contribution in [0, 0.1) is 0 Å². The second-order valence-corrected chi connectivity index (χ2v) is 10.2. The Labute approximate surface area is 193 Å². The van der Waals surface area contributed by atoms with Crippen molar-refractivity contribution in [1.82, 2.24) is 20.1 Å². The van der Waals surface area contributed by atoms with Gasteiger partial charge in [0.25, 0.3) is 5.91 Å². The van der Waals surface area contributed by atoms with Gasteiger partial charge in [0, 0.05) is 44.8 Å². The number of nitrogens with zero attached hydrogens (tertiary/aromatic N) is 3. The normalized spacial score (nSPS) is 15.0. The van der Waals surface area contributed by atoms with E-state index in [1.54, 1.807) is 36.7 Å². The lowest BCUT2D eigenvalue weighted by Crippen LogP contribution is -2.31. The van der Waals surface area contributed by atoms with E-state index in [0.29, 0.717) is 38.3 Å². The van der Waals surface area contributed by atoms with Crippen LogP contribution in [0.1, 0.15) is 35.7 Å². The lowest BCUT2D eigenvalue weighted by atomic mass is 10.1. The smallest absolute Gasteiger partial charge is 0.254 e. The molecule has 3 heterocycles. The van der Waals surface area contributed by atoms with Gasteiger partial charge in [0.15, 0.2) is 15.5 Å². The highest BCUT2D eigenvalue weighted by atomic mass is 32.2. The number of carbonyl (C=O) groups excluding carboxylic acids is 1. The second-order valence-electron chi connectivity index (χ2n) is 8.20. The minimum absolute atomic E-state index is 0.212. The largest absolute Gasteiger partial charge is 0.381 e. The Morgan fingerprint density at radius 2 is 1.91 bits per heavy atom. The number of ether oxygens (including phenoxy) is 1. The van der Waals surface area contributed by atoms with Crippen LogP contribution in [0.15, 0.2) is 41.6 Å². The van der Waals surface area contributed by atoms with Crippen molar-refractivity contribution in [2.24, 2.45) is 0 Å². The quantitative estimate of drug-likeness (QED) is 0.518. The number of pyridine rings is 1. The van der Waals surface area contributed by atoms with Crippen molar-refractivity contribution in [1.29, 1.82) is 0 Å². The summed E-state index contributed by atoms with van der Waals surface area (Å²) in [5.74, 6) is -0.212. The first-order valence-electron chi connectivity index (χ1n) is 11.1. The summed E-state index contributed by atoms with van der Waals surface area (Å²) in [4.78, 5) is 17.9. The molecule has 4 rings (SSSR count). The summed E-state index contributed by atoms with van der Waals surface area (Å²) >= 11 is 0. The maximum absolute atomic E-state index is 13.1. The number of hydrogen-bond acceptors (Lipinski definition) is 7. The van der Waals surface area contributed by atoms with Gasteiger partial charge in [0.1, 0.15) is 0 Å². The van der Waals surface area contributed by atoms with Crippen molar-refractivity contribution in [2.75, 3.05) is 31.3 Å². The van der Waals surface area contributed by atoms with E-state index in [2.05, 4.69) is 20.7 Å². The van der Waals surface area contributed by atoms with E-state index in [-0.39, 0.29) is 16.8 Å². The number of aromatic nitrogens is 3. The third-order valence-electron chi connectivity index (χ3n) is 5.83. The first-order chi connectivity index (χ1) is 15.9. The third-order valence-corrected chi connectivity index (χ3v) is 6.96. The second kappa shape index (κ2) is 9.88. The van der Waals surface area contributed by atoms with Gasteiger partial charge in [-0.2, -0.15) is 5.10 Å². The molecule has 0 aliphatic carbocycles. The highest BCUT2D eigenvalue weighted by molar-refractivity contribution is 7.90. The number of aryl methyl sites for hydroxylation is 1. The van der Waals surface area contributed by atoms with Crippen LogP contribution in [-0.4, -0.2) is 61.1 Å². The van der Waals surface area contributed by atoms with Gasteiger partial charge in [0.05, 0.1) is 27.7 Å². The van der Waals surface area contributed by atoms with Gasteiger partial charge in [-0.05, 0) is 43.9 Å². The topological polar surface area (TPSA) is 115 Å². The van der Waals surface area contributed by atoms with Crippen LogP contribution in [0.3, 0.4) is 0 Å². The lowest BCUT2D eigenvalue weighted by Gasteiger charge is -2.25. The fourth-order valence-electron chi connectivity index (χ4n) is 3.95. The molecule has 0 saturated carbocycles. The molecule has 0 atom stereocenters. The van der Waals surface area contributed by atoms with Crippen LogP contribution in [0.25, 0.3) is 11.0 Å². The van der Waals surface area contributed by atoms with Crippen LogP contribution in [0.5, 0.6) is 0 Å². The summed E-state index contributed by atoms with van der Waals surface area (Å²) in [6.45, 7) is 4.50. The molecule has 2 N–H and O–H groups in total. The SMILES string of the molecule is CCn1ncc2c(NC3CCOCC3)c(C(=O)NCCc3ccc(S(C)(=O)=O)cc3)cnc21. The first-order valence-corrected chi connectivity index (χ1v) is 13.0. The average Bonchev–Trinajstić information content (AvgIpc) is 3.23. The molecule has 3 aromatic rings. The summed E-state index contributed by atoms with van der Waals surface area (Å²) < 4.78 is 30.5. The van der Waals surface area contributed by atoms with E-state index in [4.69, 9.17) is 4.74 Å². The van der Waals surface area contributed by atoms with E-state index < -0.39 is 9.84 Å². The van der Waals surface area contributed by atoms with Gasteiger partial charge in [-0.15, -0.1) is 0 Å². The number of benzene rings is 1. The molecule has 1 amide bonds. The van der Waals surface area contributed by atoms with E-state index >= 15 is 0 Å². The summed E-state index contributed by atoms with van der Waals surface area (Å²) in [5, 5.41) is 11.7. The minimum Gasteiger partial charge on any atom is -0.381 e. The molecule has 1 aliphatic heterocycles. The zero-order chi connectivity index (χ0) is 23.4. The Hall–Kier alpha value is -2.98. The predicted octanol–water partition coefficient (Wildman–Crippen LogP) is 2.42. The van der Waals surface area contributed by atoms with Gasteiger partial charge in [0.2, 0.25) is 0 Å². The number of nitrogens with one attached hydrogen (secondary N) is 2. The summed E-state index contributed by atoms with van der Waals surface area (Å²) in [5.41, 5.74) is 2.93. The Kier molecular flexibility index (Phi) is 6.94. The number of hydrogen-bond donors (Lipinski definition) is 2. The van der Waals surface area contributed by atoms with E-state index in [9.17, 15) is 13.2 Å². The van der Waals surface area contributed by atoms with E-state index in [1.807, 2.05) is 11.6 Å². The molecule has 1 aromatic carbocycles. The fourth-order valence-corrected chi connectivity index (χ4v) is 4.58. The van der Waals surface area contributed by atoms with Crippen LogP contribution in [-0.2, 0) is 27.5 Å². The Morgan fingerprint density at radius 3 is 2.58 bits per heavy atom. The number of rotatable bonds is 8. The van der Waals surface area contributed by atoms with Gasteiger partial charge in [-0.3, -0.25) is 4.79 Å². The molecule has 0 bridgehead atoms. The molecule has 9 nitrogen and oxygen atoms in total. The molecular formula is C23H29N5O4S. The van der Waals surface area contributed by atoms with Crippen molar-refractivity contribution in [2.45, 2.75) is 43.7 Å². The van der Waals surface area contributed by atoms with Crippen molar-refractivity contribution < 1.29 is 17.9 Å². The molecular weight excluding hydrogens is 442 g/mol. The standard InChI is InChI=1S/C23H29N5O4S/c1-3-28-22-19(15-26-28)21(27-17-9-12-32-13-10-17)20(14-25-22)23(29)24-11-8-16-4-6-18(7-5-16)33(2,30)31/h4-7,14-15,17H,3,8-13H2,1-2H3,(H,24,29)(H,25,27). The number of fused-ring (bicyclic) bond motifs is 1. The van der Waals surface area contributed by atoms with Crippen molar-refractivity contribution in [3.05, 3.63) is 47.8 Å². The van der Waals surface area contributed by atoms with Crippen molar-refractivity contribution >= 4 is 32.5 Å². The molecule has 2 aromatic heterocycles. The molecule has 0 radical (unpaired) electrons. The summed E-state index contributed by atoms with van der Waals surface area (Å²) in [7, 11) is -3.22. The number of amides is 1. The molecule has 1 aliphatic rings. The molecule has 0 unspecified atom stereocenters. The molecule has 1 saturated heterocycles. The molecule has 10 heteroatoms. The van der Waals surface area contributed by atoms with Crippen molar-refractivity contribution in [3.63, 3.8) is 0 Å². The molecule has 176 valence electrons. The minimum atomic E-state index is -3.22. The van der Waals surface area contributed by atoms with Crippen LogP contribution >= 0.6 is 0 Å². The highest BCUT2D eigenvalue weighted by Crippen LogP contribution is 2.28. The van der Waals surface area contributed by atoms with Crippen molar-refractivity contribution in [3.8, 4) is 0 Å². The zero-order valence-corrected chi connectivity index (χ0v) is 19.7. The summed E-state index contributed by atoms with van der Waals surface area (Å²) in [6, 6.07) is 6.94. The van der Waals surface area contributed by atoms with Crippen LogP contribution < -0.4 is 10.6 Å². The maximum atomic E-state index is 13.1. The number of sulfone groups is 1. The van der Waals surface area contributed by atoms with Crippen LogP contribution in [0.4, 0.5) is 5.69 Å². The van der Waals surface area contributed by atoms with Crippen LogP contribution in [0.2, 0.25) is 0 Å². The van der Waals surface area contributed by atoms with Gasteiger partial charge < -0.3 is 15.4 Å². The highest BCUT2D eigenvalue weighted by Gasteiger charge is 2.22. The molecule has 33 heavy (non-hydrogen) atoms. The average molecular weight is 472 g/mol. The van der Waals surface area contributed by atoms with E-state index in [1.165, 1.54) is 6.26 Å². The third kappa shape index (κ3) is 5.33. The summed E-state index contributed by atoms with van der Waals surface area (Å²) in [6.07, 6.45) is 6.87. The first kappa shape index (κ1) is 23.2. The zero-order valence-electron chi connectivity index (χ0n) is 18.9. The molecule has 1 fully saturated rings. The molecule has 0 spiro atoms. The lowest BCUT2D eigenvalue weighted by molar-refractivity contribution is 0.0904. The number of carbonyl (C=O) groups is 1. The Balaban J connectivity index is 1.50. The van der Waals surface area contributed by atoms with Gasteiger partial charge >= 0.3 is 0 Å². The van der Waals surface area contributed by atoms with Gasteiger partial charge in [-0.25, -0.2) is 18.1 Å². The predicted molar refractivity (Wildman–Crippen MR) is 126 cm³/mol. The van der Waals surface area contributed by atoms with Gasteiger partial charge in [-0.1, -0.05) is 12.1 Å². The number of anilines is 1. The monoisotopic (exact) mass is 471 g/mol. The van der Waals surface area contributed by atoms with E-state index in [0.717, 1.165) is 35.1 Å². The maximum Gasteiger partial charge on any atom is 0.254 e. The Morgan fingerprint density at radius 1 is 1.18 bits per heavy atom.